The molecule has 0 saturated heterocycles. The summed E-state index contributed by atoms with van der Waals surface area (Å²) >= 11 is 0. The van der Waals surface area contributed by atoms with E-state index in [2.05, 4.69) is 27.4 Å². The second kappa shape index (κ2) is 5.78. The highest BCUT2D eigenvalue weighted by atomic mass is 16.1. The molecule has 6 heteroatoms. The Morgan fingerprint density at radius 3 is 3.14 bits per heavy atom. The Morgan fingerprint density at radius 2 is 2.33 bits per heavy atom. The molecule has 3 aromatic heterocycles. The Balaban J connectivity index is 1.65. The Hall–Kier alpha value is -2.63. The quantitative estimate of drug-likeness (QED) is 0.753. The maximum Gasteiger partial charge on any atom is 0.231 e. The Kier molecular flexibility index (Phi) is 3.68. The van der Waals surface area contributed by atoms with Gasteiger partial charge in [-0.25, -0.2) is 4.98 Å². The molecular weight excluding hydrogens is 266 g/mol. The maximum absolute atomic E-state index is 12.0. The van der Waals surface area contributed by atoms with Crippen molar-refractivity contribution < 1.29 is 4.79 Å². The SMILES string of the molecule is CCCc1cc(NC(=O)Cc2cn3ccccc3n2)n[nH]1. The molecule has 0 aliphatic rings. The van der Waals surface area contributed by atoms with E-state index < -0.39 is 0 Å². The maximum atomic E-state index is 12.0. The van der Waals surface area contributed by atoms with Crippen LogP contribution in [0.1, 0.15) is 24.7 Å². The van der Waals surface area contributed by atoms with Crippen LogP contribution in [0.15, 0.2) is 36.7 Å². The number of nitrogens with one attached hydrogen (secondary N) is 2. The zero-order valence-corrected chi connectivity index (χ0v) is 11.8. The number of carbonyl (C=O) groups excluding carboxylic acids is 1. The summed E-state index contributed by atoms with van der Waals surface area (Å²) in [6.07, 6.45) is 5.97. The van der Waals surface area contributed by atoms with Gasteiger partial charge in [0.1, 0.15) is 5.65 Å². The van der Waals surface area contributed by atoms with E-state index in [-0.39, 0.29) is 12.3 Å². The Labute approximate surface area is 122 Å². The third-order valence-electron chi connectivity index (χ3n) is 3.17. The minimum atomic E-state index is -0.118. The lowest BCUT2D eigenvalue weighted by Gasteiger charge is -1.98. The van der Waals surface area contributed by atoms with Gasteiger partial charge in [0.25, 0.3) is 0 Å². The van der Waals surface area contributed by atoms with Crippen molar-refractivity contribution in [2.75, 3.05) is 5.32 Å². The van der Waals surface area contributed by atoms with E-state index in [1.165, 1.54) is 0 Å². The number of aromatic amines is 1. The normalized spacial score (nSPS) is 10.9. The first-order valence-corrected chi connectivity index (χ1v) is 7.01. The monoisotopic (exact) mass is 283 g/mol. The highest BCUT2D eigenvalue weighted by molar-refractivity contribution is 5.91. The first-order valence-electron chi connectivity index (χ1n) is 7.01. The molecule has 0 aliphatic carbocycles. The van der Waals surface area contributed by atoms with Crippen LogP contribution in [-0.4, -0.2) is 25.5 Å². The van der Waals surface area contributed by atoms with Gasteiger partial charge in [-0.2, -0.15) is 5.10 Å². The van der Waals surface area contributed by atoms with Gasteiger partial charge in [0.15, 0.2) is 5.82 Å². The number of carbonyl (C=O) groups is 1. The highest BCUT2D eigenvalue weighted by Gasteiger charge is 2.09. The Bertz CT molecular complexity index is 725. The molecule has 6 nitrogen and oxygen atoms in total. The molecule has 0 unspecified atom stereocenters. The lowest BCUT2D eigenvalue weighted by molar-refractivity contribution is -0.115. The van der Waals surface area contributed by atoms with E-state index in [1.807, 2.05) is 41.1 Å². The molecule has 0 saturated carbocycles. The average Bonchev–Trinajstić information content (AvgIpc) is 3.05. The first kappa shape index (κ1) is 13.4. The molecule has 0 atom stereocenters. The summed E-state index contributed by atoms with van der Waals surface area (Å²) in [4.78, 5) is 16.4. The summed E-state index contributed by atoms with van der Waals surface area (Å²) in [5.41, 5.74) is 2.61. The largest absolute Gasteiger partial charge is 0.309 e. The van der Waals surface area contributed by atoms with Crippen molar-refractivity contribution in [3.63, 3.8) is 0 Å². The number of pyridine rings is 1. The Morgan fingerprint density at radius 1 is 1.43 bits per heavy atom. The van der Waals surface area contributed by atoms with Gasteiger partial charge in [0.2, 0.25) is 5.91 Å². The molecule has 0 spiro atoms. The van der Waals surface area contributed by atoms with E-state index in [0.29, 0.717) is 5.82 Å². The standard InChI is InChI=1S/C15H17N5O/c1-2-5-11-8-13(19-18-11)17-15(21)9-12-10-20-7-4-3-6-14(20)16-12/h3-4,6-8,10H,2,5,9H2,1H3,(H2,17,18,19,21). The number of nitrogens with zero attached hydrogens (tertiary/aromatic N) is 3. The van der Waals surface area contributed by atoms with Crippen molar-refractivity contribution in [2.45, 2.75) is 26.2 Å². The number of aryl methyl sites for hydroxylation is 1. The predicted octanol–water partition coefficient (Wildman–Crippen LogP) is 2.19. The third kappa shape index (κ3) is 3.10. The number of hydrogen-bond donors (Lipinski definition) is 2. The van der Waals surface area contributed by atoms with E-state index in [0.717, 1.165) is 29.9 Å². The van der Waals surface area contributed by atoms with Crippen LogP contribution in [0, 0.1) is 0 Å². The smallest absolute Gasteiger partial charge is 0.231 e. The second-order valence-electron chi connectivity index (χ2n) is 4.95. The molecule has 21 heavy (non-hydrogen) atoms. The van der Waals surface area contributed by atoms with Crippen LogP contribution >= 0.6 is 0 Å². The van der Waals surface area contributed by atoms with Crippen molar-refractivity contribution in [1.82, 2.24) is 19.6 Å². The van der Waals surface area contributed by atoms with Gasteiger partial charge in [-0.05, 0) is 18.6 Å². The number of imidazole rings is 1. The number of anilines is 1. The molecule has 0 radical (unpaired) electrons. The van der Waals surface area contributed by atoms with Crippen LogP contribution in [0.2, 0.25) is 0 Å². The van der Waals surface area contributed by atoms with Crippen molar-refractivity contribution >= 4 is 17.4 Å². The van der Waals surface area contributed by atoms with Gasteiger partial charge >= 0.3 is 0 Å². The van der Waals surface area contributed by atoms with Crippen molar-refractivity contribution in [3.8, 4) is 0 Å². The number of fused-ring (bicyclic) bond motifs is 1. The summed E-state index contributed by atoms with van der Waals surface area (Å²) in [6, 6.07) is 7.62. The average molecular weight is 283 g/mol. The topological polar surface area (TPSA) is 75.1 Å². The minimum absolute atomic E-state index is 0.118. The number of rotatable bonds is 5. The van der Waals surface area contributed by atoms with Crippen LogP contribution in [0.3, 0.4) is 0 Å². The van der Waals surface area contributed by atoms with E-state index in [4.69, 9.17) is 0 Å². The summed E-state index contributed by atoms with van der Waals surface area (Å²) in [7, 11) is 0. The van der Waals surface area contributed by atoms with Crippen LogP contribution in [0.4, 0.5) is 5.82 Å². The van der Waals surface area contributed by atoms with Gasteiger partial charge in [-0.3, -0.25) is 9.89 Å². The molecule has 3 aromatic rings. The number of amides is 1. The highest BCUT2D eigenvalue weighted by Crippen LogP contribution is 2.09. The number of H-pyrrole nitrogens is 1. The van der Waals surface area contributed by atoms with E-state index >= 15 is 0 Å². The van der Waals surface area contributed by atoms with Crippen LogP contribution in [0.25, 0.3) is 5.65 Å². The summed E-state index contributed by atoms with van der Waals surface area (Å²) < 4.78 is 1.90. The van der Waals surface area contributed by atoms with Crippen LogP contribution in [0.5, 0.6) is 0 Å². The molecule has 108 valence electrons. The molecular formula is C15H17N5O. The molecule has 3 heterocycles. The van der Waals surface area contributed by atoms with Gasteiger partial charge in [0, 0.05) is 24.2 Å². The lowest BCUT2D eigenvalue weighted by atomic mass is 10.2. The van der Waals surface area contributed by atoms with Crippen molar-refractivity contribution in [2.24, 2.45) is 0 Å². The lowest BCUT2D eigenvalue weighted by Crippen LogP contribution is -2.14. The van der Waals surface area contributed by atoms with E-state index in [1.54, 1.807) is 0 Å². The van der Waals surface area contributed by atoms with E-state index in [9.17, 15) is 4.79 Å². The third-order valence-corrected chi connectivity index (χ3v) is 3.17. The number of aromatic nitrogens is 4. The number of hydrogen-bond acceptors (Lipinski definition) is 3. The van der Waals surface area contributed by atoms with Crippen LogP contribution < -0.4 is 5.32 Å². The molecule has 0 aromatic carbocycles. The van der Waals surface area contributed by atoms with Gasteiger partial charge in [-0.1, -0.05) is 19.4 Å². The van der Waals surface area contributed by atoms with Crippen molar-refractivity contribution in [3.05, 3.63) is 48.0 Å². The molecule has 0 fully saturated rings. The molecule has 0 bridgehead atoms. The second-order valence-corrected chi connectivity index (χ2v) is 4.95. The van der Waals surface area contributed by atoms with Crippen LogP contribution in [-0.2, 0) is 17.6 Å². The van der Waals surface area contributed by atoms with Crippen molar-refractivity contribution in [1.29, 1.82) is 0 Å². The predicted molar refractivity (Wildman–Crippen MR) is 80.1 cm³/mol. The molecule has 1 amide bonds. The summed E-state index contributed by atoms with van der Waals surface area (Å²) in [6.45, 7) is 2.10. The zero-order chi connectivity index (χ0) is 14.7. The fourth-order valence-corrected chi connectivity index (χ4v) is 2.25. The van der Waals surface area contributed by atoms with Gasteiger partial charge in [0.05, 0.1) is 12.1 Å². The molecule has 3 rings (SSSR count). The zero-order valence-electron chi connectivity index (χ0n) is 11.8. The summed E-state index contributed by atoms with van der Waals surface area (Å²) in [5.74, 6) is 0.445. The molecule has 2 N–H and O–H groups in total. The van der Waals surface area contributed by atoms with Gasteiger partial charge < -0.3 is 9.72 Å². The summed E-state index contributed by atoms with van der Waals surface area (Å²) in [5, 5.41) is 9.77. The van der Waals surface area contributed by atoms with Gasteiger partial charge in [-0.15, -0.1) is 0 Å². The minimum Gasteiger partial charge on any atom is -0.309 e. The fourth-order valence-electron chi connectivity index (χ4n) is 2.25. The first-order chi connectivity index (χ1) is 10.2. The molecule has 0 aliphatic heterocycles. The fraction of sp³-hybridized carbons (Fsp3) is 0.267.